The number of hydrogen-bond donors (Lipinski definition) is 1. The second-order valence-corrected chi connectivity index (χ2v) is 4.71. The maximum atomic E-state index is 5.89. The van der Waals surface area contributed by atoms with Gasteiger partial charge in [-0.2, -0.15) is 0 Å². The van der Waals surface area contributed by atoms with Crippen molar-refractivity contribution in [3.8, 4) is 0 Å². The van der Waals surface area contributed by atoms with E-state index < -0.39 is 0 Å². The van der Waals surface area contributed by atoms with Gasteiger partial charge in [0.15, 0.2) is 0 Å². The van der Waals surface area contributed by atoms with E-state index in [0.717, 1.165) is 45.5 Å². The van der Waals surface area contributed by atoms with E-state index in [0.29, 0.717) is 10.9 Å². The minimum atomic E-state index is 0.0184. The molecule has 2 N–H and O–H groups in total. The molecule has 0 aromatic heterocycles. The van der Waals surface area contributed by atoms with Crippen LogP contribution < -0.4 is 5.73 Å². The molecule has 0 amide bonds. The number of nitrogens with two attached hydrogens (primary N) is 1. The fourth-order valence-corrected chi connectivity index (χ4v) is 2.56. The Morgan fingerprint density at radius 1 is 1.29 bits per heavy atom. The molecular formula is C10H17NO2S. The van der Waals surface area contributed by atoms with Crippen molar-refractivity contribution in [1.82, 2.24) is 0 Å². The van der Waals surface area contributed by atoms with E-state index in [2.05, 4.69) is 0 Å². The molecule has 0 radical (unpaired) electrons. The molecule has 0 aliphatic carbocycles. The Morgan fingerprint density at radius 3 is 2.64 bits per heavy atom. The summed E-state index contributed by atoms with van der Waals surface area (Å²) in [7, 11) is 0. The van der Waals surface area contributed by atoms with Gasteiger partial charge in [0.05, 0.1) is 10.6 Å². The molecule has 2 aliphatic heterocycles. The maximum absolute atomic E-state index is 5.89. The van der Waals surface area contributed by atoms with E-state index in [-0.39, 0.29) is 5.60 Å². The van der Waals surface area contributed by atoms with E-state index in [9.17, 15) is 0 Å². The van der Waals surface area contributed by atoms with Crippen molar-refractivity contribution >= 4 is 17.2 Å². The van der Waals surface area contributed by atoms with Gasteiger partial charge in [-0.3, -0.25) is 0 Å². The topological polar surface area (TPSA) is 44.5 Å². The summed E-state index contributed by atoms with van der Waals surface area (Å²) in [5, 5.41) is 0. The van der Waals surface area contributed by atoms with Crippen molar-refractivity contribution < 1.29 is 9.47 Å². The zero-order valence-electron chi connectivity index (χ0n) is 8.33. The van der Waals surface area contributed by atoms with Crippen molar-refractivity contribution in [3.05, 3.63) is 0 Å². The number of ether oxygens (including phenoxy) is 2. The van der Waals surface area contributed by atoms with Crippen LogP contribution >= 0.6 is 12.2 Å². The second kappa shape index (κ2) is 4.13. The summed E-state index contributed by atoms with van der Waals surface area (Å²) in [6, 6.07) is 0. The van der Waals surface area contributed by atoms with Gasteiger partial charge in [0.1, 0.15) is 0 Å². The first kappa shape index (κ1) is 10.3. The van der Waals surface area contributed by atoms with Crippen LogP contribution in [-0.4, -0.2) is 30.4 Å². The highest BCUT2D eigenvalue weighted by Crippen LogP contribution is 2.36. The van der Waals surface area contributed by atoms with Crippen molar-refractivity contribution in [2.24, 2.45) is 11.7 Å². The van der Waals surface area contributed by atoms with Gasteiger partial charge in [-0.15, -0.1) is 0 Å². The molecule has 2 fully saturated rings. The lowest BCUT2D eigenvalue weighted by atomic mass is 9.81. The first-order chi connectivity index (χ1) is 6.72. The van der Waals surface area contributed by atoms with Gasteiger partial charge in [-0.1, -0.05) is 12.2 Å². The minimum Gasteiger partial charge on any atom is -0.393 e. The summed E-state index contributed by atoms with van der Waals surface area (Å²) in [6.45, 7) is 2.41. The lowest BCUT2D eigenvalue weighted by Crippen LogP contribution is -2.46. The predicted octanol–water partition coefficient (Wildman–Crippen LogP) is 1.25. The highest BCUT2D eigenvalue weighted by atomic mass is 32.1. The third-order valence-corrected chi connectivity index (χ3v) is 3.63. The fourth-order valence-electron chi connectivity index (χ4n) is 2.36. The van der Waals surface area contributed by atoms with Crippen LogP contribution in [0.1, 0.15) is 25.7 Å². The summed E-state index contributed by atoms with van der Waals surface area (Å²) < 4.78 is 11.2. The Balaban J connectivity index is 2.01. The molecule has 1 unspecified atom stereocenters. The quantitative estimate of drug-likeness (QED) is 0.669. The van der Waals surface area contributed by atoms with Crippen molar-refractivity contribution in [2.75, 3.05) is 19.8 Å². The van der Waals surface area contributed by atoms with E-state index in [1.165, 1.54) is 0 Å². The van der Waals surface area contributed by atoms with E-state index in [4.69, 9.17) is 27.4 Å². The molecule has 2 rings (SSSR count). The highest BCUT2D eigenvalue weighted by molar-refractivity contribution is 7.80. The van der Waals surface area contributed by atoms with Gasteiger partial charge in [0, 0.05) is 25.7 Å². The zero-order chi connectivity index (χ0) is 10.0. The number of thiocarbonyl (C=S) groups is 1. The molecule has 2 saturated heterocycles. The van der Waals surface area contributed by atoms with Crippen LogP contribution in [0.2, 0.25) is 0 Å². The van der Waals surface area contributed by atoms with Crippen LogP contribution in [0.15, 0.2) is 0 Å². The first-order valence-electron chi connectivity index (χ1n) is 5.23. The molecule has 0 saturated carbocycles. The van der Waals surface area contributed by atoms with Gasteiger partial charge in [-0.25, -0.2) is 0 Å². The summed E-state index contributed by atoms with van der Waals surface area (Å²) in [5.41, 5.74) is 5.72. The molecule has 2 heterocycles. The molecule has 3 nitrogen and oxygen atoms in total. The summed E-state index contributed by atoms with van der Waals surface area (Å²) >= 11 is 5.06. The van der Waals surface area contributed by atoms with E-state index in [1.54, 1.807) is 0 Å². The van der Waals surface area contributed by atoms with E-state index in [1.807, 2.05) is 0 Å². The van der Waals surface area contributed by atoms with Gasteiger partial charge in [0.25, 0.3) is 0 Å². The molecule has 2 aliphatic rings. The smallest absolute Gasteiger partial charge is 0.0760 e. The highest BCUT2D eigenvalue weighted by Gasteiger charge is 2.39. The monoisotopic (exact) mass is 215 g/mol. The molecule has 0 bridgehead atoms. The fraction of sp³-hybridized carbons (Fsp3) is 0.900. The lowest BCUT2D eigenvalue weighted by Gasteiger charge is -2.43. The third kappa shape index (κ3) is 2.07. The summed E-state index contributed by atoms with van der Waals surface area (Å²) in [5.74, 6) is 0.372. The van der Waals surface area contributed by atoms with Crippen molar-refractivity contribution in [3.63, 3.8) is 0 Å². The Morgan fingerprint density at radius 2 is 2.00 bits per heavy atom. The third-order valence-electron chi connectivity index (χ3n) is 3.30. The van der Waals surface area contributed by atoms with Crippen LogP contribution in [-0.2, 0) is 9.47 Å². The zero-order valence-corrected chi connectivity index (χ0v) is 9.15. The average Bonchev–Trinajstić information content (AvgIpc) is 2.19. The van der Waals surface area contributed by atoms with Crippen LogP contribution in [0, 0.1) is 5.92 Å². The van der Waals surface area contributed by atoms with Crippen molar-refractivity contribution in [1.29, 1.82) is 0 Å². The average molecular weight is 215 g/mol. The summed E-state index contributed by atoms with van der Waals surface area (Å²) in [4.78, 5) is 0.652. The molecular weight excluding hydrogens is 198 g/mol. The largest absolute Gasteiger partial charge is 0.393 e. The lowest BCUT2D eigenvalue weighted by molar-refractivity contribution is -0.139. The maximum Gasteiger partial charge on any atom is 0.0760 e. The van der Waals surface area contributed by atoms with Gasteiger partial charge < -0.3 is 15.2 Å². The Labute approximate surface area is 89.9 Å². The summed E-state index contributed by atoms with van der Waals surface area (Å²) in [6.07, 6.45) is 3.96. The Hall–Kier alpha value is -0.190. The van der Waals surface area contributed by atoms with Crippen LogP contribution in [0.25, 0.3) is 0 Å². The predicted molar refractivity (Wildman–Crippen MR) is 58.2 cm³/mol. The standard InChI is InChI=1S/C10H17NO2S/c11-9(14)8-1-4-13-10(7-8)2-5-12-6-3-10/h8H,1-7H2,(H2,11,14). The van der Waals surface area contributed by atoms with Crippen LogP contribution in [0.3, 0.4) is 0 Å². The molecule has 0 aromatic rings. The molecule has 1 spiro atoms. The minimum absolute atomic E-state index is 0.0184. The van der Waals surface area contributed by atoms with Gasteiger partial charge in [0.2, 0.25) is 0 Å². The van der Waals surface area contributed by atoms with Crippen LogP contribution in [0.5, 0.6) is 0 Å². The molecule has 4 heteroatoms. The Kier molecular flexibility index (Phi) is 3.04. The normalized spacial score (nSPS) is 31.6. The Bertz CT molecular complexity index is 221. The number of rotatable bonds is 1. The van der Waals surface area contributed by atoms with Gasteiger partial charge in [-0.05, 0) is 25.7 Å². The molecule has 1 atom stereocenters. The van der Waals surface area contributed by atoms with E-state index >= 15 is 0 Å². The number of hydrogen-bond acceptors (Lipinski definition) is 3. The van der Waals surface area contributed by atoms with Crippen molar-refractivity contribution in [2.45, 2.75) is 31.3 Å². The second-order valence-electron chi connectivity index (χ2n) is 4.24. The van der Waals surface area contributed by atoms with Gasteiger partial charge >= 0.3 is 0 Å². The molecule has 14 heavy (non-hydrogen) atoms. The first-order valence-corrected chi connectivity index (χ1v) is 5.64. The molecule has 0 aromatic carbocycles. The SMILES string of the molecule is NC(=S)C1CCOC2(CCOCC2)C1. The van der Waals surface area contributed by atoms with Crippen LogP contribution in [0.4, 0.5) is 0 Å². The molecule has 80 valence electrons.